The van der Waals surface area contributed by atoms with Crippen LogP contribution < -0.4 is 11.3 Å². The number of hydrogen-bond donors (Lipinski definition) is 2. The van der Waals surface area contributed by atoms with Gasteiger partial charge in [-0.25, -0.2) is 10.8 Å². The maximum atomic E-state index is 12.1. The number of nitrogen functional groups attached to an aromatic ring is 1. The maximum Gasteiger partial charge on any atom is 0.254 e. The molecule has 1 aliphatic rings. The molecule has 0 aliphatic carbocycles. The van der Waals surface area contributed by atoms with Crippen LogP contribution in [0.4, 0.5) is 5.82 Å². The number of nitrogens with one attached hydrogen (secondary N) is 1. The first-order valence-corrected chi connectivity index (χ1v) is 5.45. The van der Waals surface area contributed by atoms with Gasteiger partial charge in [-0.15, -0.1) is 0 Å². The van der Waals surface area contributed by atoms with Gasteiger partial charge in [0.1, 0.15) is 5.82 Å². The number of carbonyl (C=O) groups is 1. The van der Waals surface area contributed by atoms with Crippen molar-refractivity contribution in [2.24, 2.45) is 5.84 Å². The zero-order chi connectivity index (χ0) is 11.5. The summed E-state index contributed by atoms with van der Waals surface area (Å²) in [5.74, 6) is 5.90. The molecule has 0 bridgehead atoms. The number of anilines is 1. The predicted molar refractivity (Wildman–Crippen MR) is 61.9 cm³/mol. The number of hydrazine groups is 1. The van der Waals surface area contributed by atoms with Gasteiger partial charge >= 0.3 is 0 Å². The third kappa shape index (κ3) is 2.14. The Balaban J connectivity index is 2.24. The summed E-state index contributed by atoms with van der Waals surface area (Å²) in [5, 5.41) is 0. The second-order valence-electron chi connectivity index (χ2n) is 4.03. The monoisotopic (exact) mass is 220 g/mol. The summed E-state index contributed by atoms with van der Waals surface area (Å²) < 4.78 is 0. The number of likely N-dealkylation sites (tertiary alicyclic amines) is 1. The molecule has 5 nitrogen and oxygen atoms in total. The molecule has 0 spiro atoms. The minimum Gasteiger partial charge on any atom is -0.339 e. The van der Waals surface area contributed by atoms with Crippen LogP contribution in [0.15, 0.2) is 12.1 Å². The summed E-state index contributed by atoms with van der Waals surface area (Å²) in [4.78, 5) is 18.1. The van der Waals surface area contributed by atoms with Crippen LogP contribution >= 0.6 is 0 Å². The van der Waals surface area contributed by atoms with Crippen LogP contribution in [0.1, 0.15) is 28.9 Å². The second-order valence-corrected chi connectivity index (χ2v) is 4.03. The van der Waals surface area contributed by atoms with Crippen LogP contribution in [0.3, 0.4) is 0 Å². The summed E-state index contributed by atoms with van der Waals surface area (Å²) in [5.41, 5.74) is 3.92. The normalized spacial score (nSPS) is 15.2. The lowest BCUT2D eigenvalue weighted by molar-refractivity contribution is 0.0792. The number of aryl methyl sites for hydroxylation is 1. The van der Waals surface area contributed by atoms with Gasteiger partial charge in [0.25, 0.3) is 5.91 Å². The van der Waals surface area contributed by atoms with Gasteiger partial charge in [-0.05, 0) is 31.9 Å². The number of hydrogen-bond acceptors (Lipinski definition) is 4. The summed E-state index contributed by atoms with van der Waals surface area (Å²) in [6.45, 7) is 3.55. The van der Waals surface area contributed by atoms with Crippen molar-refractivity contribution in [2.75, 3.05) is 18.5 Å². The highest BCUT2D eigenvalue weighted by Crippen LogP contribution is 2.15. The van der Waals surface area contributed by atoms with E-state index in [0.717, 1.165) is 31.6 Å². The molecule has 86 valence electrons. The van der Waals surface area contributed by atoms with E-state index < -0.39 is 0 Å². The molecule has 1 amide bonds. The van der Waals surface area contributed by atoms with E-state index in [4.69, 9.17) is 5.84 Å². The molecule has 0 unspecified atom stereocenters. The Morgan fingerprint density at radius 2 is 2.12 bits per heavy atom. The molecule has 1 saturated heterocycles. The zero-order valence-electron chi connectivity index (χ0n) is 9.36. The van der Waals surface area contributed by atoms with Crippen molar-refractivity contribution >= 4 is 11.7 Å². The third-order valence-electron chi connectivity index (χ3n) is 2.74. The molecule has 2 rings (SSSR count). The van der Waals surface area contributed by atoms with E-state index in [1.54, 1.807) is 12.1 Å². The summed E-state index contributed by atoms with van der Waals surface area (Å²) in [6, 6.07) is 3.48. The van der Waals surface area contributed by atoms with E-state index in [0.29, 0.717) is 11.4 Å². The fraction of sp³-hybridized carbons (Fsp3) is 0.455. The topological polar surface area (TPSA) is 71.2 Å². The Morgan fingerprint density at radius 1 is 1.44 bits per heavy atom. The number of aromatic nitrogens is 1. The fourth-order valence-electron chi connectivity index (χ4n) is 1.97. The number of rotatable bonds is 2. The molecule has 1 aromatic rings. The van der Waals surface area contributed by atoms with Gasteiger partial charge in [0.15, 0.2) is 0 Å². The highest BCUT2D eigenvalue weighted by atomic mass is 16.2. The molecular weight excluding hydrogens is 204 g/mol. The number of pyridine rings is 1. The fourth-order valence-corrected chi connectivity index (χ4v) is 1.97. The van der Waals surface area contributed by atoms with Crippen LogP contribution in [0.2, 0.25) is 0 Å². The van der Waals surface area contributed by atoms with Gasteiger partial charge in [0, 0.05) is 24.3 Å². The first kappa shape index (κ1) is 10.9. The average Bonchev–Trinajstić information content (AvgIpc) is 2.80. The maximum absolute atomic E-state index is 12.1. The summed E-state index contributed by atoms with van der Waals surface area (Å²) in [6.07, 6.45) is 2.19. The van der Waals surface area contributed by atoms with Crippen molar-refractivity contribution in [3.8, 4) is 0 Å². The van der Waals surface area contributed by atoms with Crippen LogP contribution in [-0.2, 0) is 0 Å². The van der Waals surface area contributed by atoms with Crippen LogP contribution in [0, 0.1) is 6.92 Å². The largest absolute Gasteiger partial charge is 0.339 e. The standard InChI is InChI=1S/C11H16N4O/c1-8-6-9(7-10(13-8)14-12)11(16)15-4-2-3-5-15/h6-7H,2-5,12H2,1H3,(H,13,14). The molecule has 1 aromatic heterocycles. The molecule has 1 fully saturated rings. The summed E-state index contributed by atoms with van der Waals surface area (Å²) >= 11 is 0. The van der Waals surface area contributed by atoms with E-state index in [9.17, 15) is 4.79 Å². The van der Waals surface area contributed by atoms with Gasteiger partial charge in [-0.3, -0.25) is 4.79 Å². The predicted octanol–water partition coefficient (Wildman–Crippen LogP) is 0.912. The Kier molecular flexibility index (Phi) is 3.05. The van der Waals surface area contributed by atoms with E-state index in [2.05, 4.69) is 10.4 Å². The van der Waals surface area contributed by atoms with Crippen molar-refractivity contribution in [3.05, 3.63) is 23.4 Å². The van der Waals surface area contributed by atoms with E-state index in [1.165, 1.54) is 0 Å². The van der Waals surface area contributed by atoms with E-state index in [-0.39, 0.29) is 5.91 Å². The van der Waals surface area contributed by atoms with Gasteiger partial charge in [0.2, 0.25) is 0 Å². The molecule has 0 radical (unpaired) electrons. The third-order valence-corrected chi connectivity index (χ3v) is 2.74. The highest BCUT2D eigenvalue weighted by Gasteiger charge is 2.20. The second kappa shape index (κ2) is 4.49. The smallest absolute Gasteiger partial charge is 0.254 e. The molecular formula is C11H16N4O. The van der Waals surface area contributed by atoms with Gasteiger partial charge < -0.3 is 10.3 Å². The molecule has 0 atom stereocenters. The Morgan fingerprint density at radius 3 is 2.75 bits per heavy atom. The molecule has 5 heteroatoms. The molecule has 2 heterocycles. The molecule has 0 aromatic carbocycles. The van der Waals surface area contributed by atoms with Crippen molar-refractivity contribution in [2.45, 2.75) is 19.8 Å². The lowest BCUT2D eigenvalue weighted by atomic mass is 10.2. The minimum absolute atomic E-state index is 0.0690. The molecule has 16 heavy (non-hydrogen) atoms. The minimum atomic E-state index is 0.0690. The number of amides is 1. The zero-order valence-corrected chi connectivity index (χ0v) is 9.36. The number of nitrogens with two attached hydrogens (primary N) is 1. The molecule has 1 aliphatic heterocycles. The van der Waals surface area contributed by atoms with Gasteiger partial charge in [-0.2, -0.15) is 0 Å². The van der Waals surface area contributed by atoms with Crippen LogP contribution in [-0.4, -0.2) is 28.9 Å². The SMILES string of the molecule is Cc1cc(C(=O)N2CCCC2)cc(NN)n1. The van der Waals surface area contributed by atoms with Crippen molar-refractivity contribution in [1.29, 1.82) is 0 Å². The number of carbonyl (C=O) groups excluding carboxylic acids is 1. The van der Waals surface area contributed by atoms with Crippen LogP contribution in [0.5, 0.6) is 0 Å². The molecule has 0 saturated carbocycles. The van der Waals surface area contributed by atoms with Gasteiger partial charge in [0.05, 0.1) is 0 Å². The molecule has 3 N–H and O–H groups in total. The van der Waals surface area contributed by atoms with E-state index in [1.807, 2.05) is 11.8 Å². The average molecular weight is 220 g/mol. The number of nitrogens with zero attached hydrogens (tertiary/aromatic N) is 2. The van der Waals surface area contributed by atoms with Crippen molar-refractivity contribution < 1.29 is 4.79 Å². The Bertz CT molecular complexity index is 399. The Labute approximate surface area is 94.6 Å². The van der Waals surface area contributed by atoms with Crippen molar-refractivity contribution in [3.63, 3.8) is 0 Å². The lowest BCUT2D eigenvalue weighted by Gasteiger charge is -2.15. The lowest BCUT2D eigenvalue weighted by Crippen LogP contribution is -2.28. The van der Waals surface area contributed by atoms with Gasteiger partial charge in [-0.1, -0.05) is 0 Å². The highest BCUT2D eigenvalue weighted by molar-refractivity contribution is 5.95. The Hall–Kier alpha value is -1.62. The van der Waals surface area contributed by atoms with Crippen molar-refractivity contribution in [1.82, 2.24) is 9.88 Å². The first-order chi connectivity index (χ1) is 7.70. The van der Waals surface area contributed by atoms with E-state index >= 15 is 0 Å². The van der Waals surface area contributed by atoms with Crippen LogP contribution in [0.25, 0.3) is 0 Å². The quantitative estimate of drug-likeness (QED) is 0.574. The summed E-state index contributed by atoms with van der Waals surface area (Å²) in [7, 11) is 0. The first-order valence-electron chi connectivity index (χ1n) is 5.45.